The summed E-state index contributed by atoms with van der Waals surface area (Å²) < 4.78 is 6.12. The number of hydrogen-bond acceptors (Lipinski definition) is 4. The van der Waals surface area contributed by atoms with E-state index in [1.165, 1.54) is 0 Å². The molecule has 20 heavy (non-hydrogen) atoms. The Morgan fingerprint density at radius 3 is 2.85 bits per heavy atom. The number of halogens is 1. The van der Waals surface area contributed by atoms with Crippen molar-refractivity contribution in [3.8, 4) is 0 Å². The fraction of sp³-hybridized carbons (Fsp3) is 0.400. The minimum absolute atomic E-state index is 0.0101. The molecule has 4 nitrogen and oxygen atoms in total. The molecular formula is C15H20BrN3O. The summed E-state index contributed by atoms with van der Waals surface area (Å²) in [4.78, 5) is 4.74. The lowest BCUT2D eigenvalue weighted by Gasteiger charge is -2.24. The number of benzene rings is 1. The quantitative estimate of drug-likeness (QED) is 0.627. The standard InChI is InChI=1S/C15H20BrN3O/c1-10(7-8-20-2)14(19-17)15-12(16)9-11-5-3-4-6-13(11)18-15/h3-6,9-10,14,19H,7-8,17H2,1-2H3. The highest BCUT2D eigenvalue weighted by atomic mass is 79.9. The summed E-state index contributed by atoms with van der Waals surface area (Å²) in [5.74, 6) is 6.06. The first-order chi connectivity index (χ1) is 9.67. The first-order valence-corrected chi connectivity index (χ1v) is 7.47. The van der Waals surface area contributed by atoms with Crippen LogP contribution >= 0.6 is 15.9 Å². The Morgan fingerprint density at radius 1 is 1.40 bits per heavy atom. The third-order valence-corrected chi connectivity index (χ3v) is 4.16. The molecule has 3 N–H and O–H groups in total. The van der Waals surface area contributed by atoms with Crippen LogP contribution < -0.4 is 11.3 Å². The fourth-order valence-corrected chi connectivity index (χ4v) is 2.89. The molecule has 0 spiro atoms. The van der Waals surface area contributed by atoms with Gasteiger partial charge in [0.05, 0.1) is 17.3 Å². The number of methoxy groups -OCH3 is 1. The first-order valence-electron chi connectivity index (χ1n) is 6.67. The van der Waals surface area contributed by atoms with Gasteiger partial charge in [-0.2, -0.15) is 0 Å². The Balaban J connectivity index is 2.35. The van der Waals surface area contributed by atoms with Gasteiger partial charge >= 0.3 is 0 Å². The van der Waals surface area contributed by atoms with E-state index in [1.807, 2.05) is 18.2 Å². The van der Waals surface area contributed by atoms with Crippen molar-refractivity contribution >= 4 is 26.8 Å². The number of ether oxygens (including phenoxy) is 1. The number of rotatable bonds is 6. The van der Waals surface area contributed by atoms with Crippen LogP contribution in [0.15, 0.2) is 34.8 Å². The Bertz CT molecular complexity index is 576. The maximum Gasteiger partial charge on any atom is 0.0738 e. The molecule has 5 heteroatoms. The van der Waals surface area contributed by atoms with Crippen molar-refractivity contribution in [3.05, 3.63) is 40.5 Å². The second-order valence-electron chi connectivity index (χ2n) is 4.95. The smallest absolute Gasteiger partial charge is 0.0738 e. The van der Waals surface area contributed by atoms with E-state index in [9.17, 15) is 0 Å². The number of para-hydroxylation sites is 1. The van der Waals surface area contributed by atoms with E-state index in [2.05, 4.69) is 40.4 Å². The molecule has 1 heterocycles. The van der Waals surface area contributed by atoms with Gasteiger partial charge in [-0.05, 0) is 40.4 Å². The number of nitrogens with two attached hydrogens (primary N) is 1. The fourth-order valence-electron chi connectivity index (χ4n) is 2.31. The molecule has 2 aromatic rings. The van der Waals surface area contributed by atoms with Crippen molar-refractivity contribution in [1.82, 2.24) is 10.4 Å². The van der Waals surface area contributed by atoms with Crippen molar-refractivity contribution < 1.29 is 4.74 Å². The van der Waals surface area contributed by atoms with Crippen LogP contribution in [0.4, 0.5) is 0 Å². The van der Waals surface area contributed by atoms with E-state index >= 15 is 0 Å². The number of hydrogen-bond donors (Lipinski definition) is 2. The summed E-state index contributed by atoms with van der Waals surface area (Å²) in [5.41, 5.74) is 4.80. The summed E-state index contributed by atoms with van der Waals surface area (Å²) in [6.45, 7) is 2.86. The molecule has 0 fully saturated rings. The molecule has 1 aromatic heterocycles. The summed E-state index contributed by atoms with van der Waals surface area (Å²) in [6, 6.07) is 10.1. The number of fused-ring (bicyclic) bond motifs is 1. The van der Waals surface area contributed by atoms with Gasteiger partial charge in [-0.15, -0.1) is 0 Å². The molecule has 0 aliphatic rings. The molecule has 2 unspecified atom stereocenters. The molecule has 0 saturated heterocycles. The third-order valence-electron chi connectivity index (χ3n) is 3.53. The monoisotopic (exact) mass is 337 g/mol. The molecular weight excluding hydrogens is 318 g/mol. The molecule has 0 radical (unpaired) electrons. The minimum Gasteiger partial charge on any atom is -0.385 e. The Kier molecular flexibility index (Phi) is 5.48. The Morgan fingerprint density at radius 2 is 2.15 bits per heavy atom. The molecule has 0 bridgehead atoms. The van der Waals surface area contributed by atoms with E-state index in [-0.39, 0.29) is 6.04 Å². The molecule has 1 aromatic carbocycles. The molecule has 2 rings (SSSR count). The zero-order valence-electron chi connectivity index (χ0n) is 11.8. The number of pyridine rings is 1. The van der Waals surface area contributed by atoms with Crippen LogP contribution in [-0.2, 0) is 4.74 Å². The topological polar surface area (TPSA) is 60.2 Å². The normalized spacial score (nSPS) is 14.4. The number of aromatic nitrogens is 1. The van der Waals surface area contributed by atoms with E-state index < -0.39 is 0 Å². The lowest BCUT2D eigenvalue weighted by atomic mass is 9.95. The van der Waals surface area contributed by atoms with Crippen molar-refractivity contribution in [2.45, 2.75) is 19.4 Å². The highest BCUT2D eigenvalue weighted by Gasteiger charge is 2.22. The van der Waals surface area contributed by atoms with E-state index in [4.69, 9.17) is 15.6 Å². The molecule has 108 valence electrons. The predicted octanol–water partition coefficient (Wildman–Crippen LogP) is 3.17. The Hall–Kier alpha value is -1.01. The van der Waals surface area contributed by atoms with Crippen molar-refractivity contribution in [3.63, 3.8) is 0 Å². The number of hydrazine groups is 1. The zero-order valence-corrected chi connectivity index (χ0v) is 13.4. The van der Waals surface area contributed by atoms with Crippen LogP contribution in [0, 0.1) is 5.92 Å². The van der Waals surface area contributed by atoms with Crippen LogP contribution in [0.3, 0.4) is 0 Å². The third kappa shape index (κ3) is 3.35. The average molecular weight is 338 g/mol. The molecule has 0 aliphatic heterocycles. The molecule has 0 saturated carbocycles. The average Bonchev–Trinajstić information content (AvgIpc) is 2.46. The second-order valence-corrected chi connectivity index (χ2v) is 5.81. The van der Waals surface area contributed by atoms with Gasteiger partial charge in [0.25, 0.3) is 0 Å². The summed E-state index contributed by atoms with van der Waals surface area (Å²) >= 11 is 3.61. The lowest BCUT2D eigenvalue weighted by Crippen LogP contribution is -2.34. The highest BCUT2D eigenvalue weighted by Crippen LogP contribution is 2.30. The van der Waals surface area contributed by atoms with Gasteiger partial charge in [0.15, 0.2) is 0 Å². The van der Waals surface area contributed by atoms with Gasteiger partial charge in [0.1, 0.15) is 0 Å². The largest absolute Gasteiger partial charge is 0.385 e. The van der Waals surface area contributed by atoms with Crippen LogP contribution in [0.25, 0.3) is 10.9 Å². The van der Waals surface area contributed by atoms with Gasteiger partial charge in [-0.3, -0.25) is 11.3 Å². The molecule has 0 amide bonds. The predicted molar refractivity (Wildman–Crippen MR) is 85.2 cm³/mol. The van der Waals surface area contributed by atoms with Crippen molar-refractivity contribution in [1.29, 1.82) is 0 Å². The molecule has 2 atom stereocenters. The SMILES string of the molecule is COCCC(C)C(NN)c1nc2ccccc2cc1Br. The number of nitrogens with one attached hydrogen (secondary N) is 1. The summed E-state index contributed by atoms with van der Waals surface area (Å²) in [6.07, 6.45) is 0.923. The van der Waals surface area contributed by atoms with Crippen LogP contribution in [0.5, 0.6) is 0 Å². The van der Waals surface area contributed by atoms with Crippen LogP contribution in [0.2, 0.25) is 0 Å². The first kappa shape index (κ1) is 15.4. The van der Waals surface area contributed by atoms with E-state index in [0.717, 1.165) is 27.5 Å². The van der Waals surface area contributed by atoms with E-state index in [0.29, 0.717) is 12.5 Å². The summed E-state index contributed by atoms with van der Waals surface area (Å²) in [5, 5.41) is 1.11. The van der Waals surface area contributed by atoms with Gasteiger partial charge in [-0.1, -0.05) is 25.1 Å². The minimum atomic E-state index is -0.0101. The maximum atomic E-state index is 5.74. The maximum absolute atomic E-state index is 5.74. The Labute approximate surface area is 127 Å². The summed E-state index contributed by atoms with van der Waals surface area (Å²) in [7, 11) is 1.71. The van der Waals surface area contributed by atoms with Crippen LogP contribution in [0.1, 0.15) is 25.1 Å². The van der Waals surface area contributed by atoms with E-state index in [1.54, 1.807) is 7.11 Å². The number of nitrogens with zero attached hydrogens (tertiary/aromatic N) is 1. The van der Waals surface area contributed by atoms with Crippen molar-refractivity contribution in [2.24, 2.45) is 11.8 Å². The van der Waals surface area contributed by atoms with Gasteiger partial charge in [0.2, 0.25) is 0 Å². The van der Waals surface area contributed by atoms with Gasteiger partial charge in [-0.25, -0.2) is 4.98 Å². The van der Waals surface area contributed by atoms with Crippen LogP contribution in [-0.4, -0.2) is 18.7 Å². The zero-order chi connectivity index (χ0) is 14.5. The van der Waals surface area contributed by atoms with Gasteiger partial charge in [0, 0.05) is 23.6 Å². The molecule has 0 aliphatic carbocycles. The highest BCUT2D eigenvalue weighted by molar-refractivity contribution is 9.10. The second kappa shape index (κ2) is 7.13. The van der Waals surface area contributed by atoms with Crippen molar-refractivity contribution in [2.75, 3.05) is 13.7 Å². The lowest BCUT2D eigenvalue weighted by molar-refractivity contribution is 0.169. The van der Waals surface area contributed by atoms with Gasteiger partial charge < -0.3 is 4.74 Å².